The van der Waals surface area contributed by atoms with Gasteiger partial charge in [-0.2, -0.15) is 0 Å². The summed E-state index contributed by atoms with van der Waals surface area (Å²) in [6.45, 7) is 4.91. The highest BCUT2D eigenvalue weighted by Gasteiger charge is 2.18. The Morgan fingerprint density at radius 2 is 1.72 bits per heavy atom. The van der Waals surface area contributed by atoms with E-state index in [0.29, 0.717) is 16.5 Å². The molecule has 0 fully saturated rings. The van der Waals surface area contributed by atoms with Crippen LogP contribution in [0.4, 0.5) is 5.69 Å². The summed E-state index contributed by atoms with van der Waals surface area (Å²) in [6.07, 6.45) is -0.927. The largest absolute Gasteiger partial charge is 0.481 e. The second-order valence-corrected chi connectivity index (χ2v) is 6.08. The smallest absolute Gasteiger partial charge is 0.344 e. The zero-order chi connectivity index (χ0) is 18.4. The van der Waals surface area contributed by atoms with Crippen molar-refractivity contribution in [1.82, 2.24) is 0 Å². The third kappa shape index (κ3) is 5.50. The Morgan fingerprint density at radius 3 is 2.32 bits per heavy atom. The first-order valence-electron chi connectivity index (χ1n) is 7.81. The maximum atomic E-state index is 12.0. The number of nitrogens with one attached hydrogen (secondary N) is 1. The van der Waals surface area contributed by atoms with Gasteiger partial charge in [0.15, 0.2) is 12.7 Å². The van der Waals surface area contributed by atoms with Crippen molar-refractivity contribution in [3.8, 4) is 5.75 Å². The van der Waals surface area contributed by atoms with Gasteiger partial charge in [-0.15, -0.1) is 0 Å². The molecule has 0 aliphatic carbocycles. The van der Waals surface area contributed by atoms with E-state index in [9.17, 15) is 9.59 Å². The van der Waals surface area contributed by atoms with Gasteiger partial charge in [-0.25, -0.2) is 4.79 Å². The molecule has 132 valence electrons. The highest BCUT2D eigenvalue weighted by molar-refractivity contribution is 6.30. The molecular formula is C19H20ClNO4. The molecule has 0 radical (unpaired) electrons. The van der Waals surface area contributed by atoms with Gasteiger partial charge in [-0.05, 0) is 56.2 Å². The van der Waals surface area contributed by atoms with E-state index in [1.165, 1.54) is 6.92 Å². The number of hydrogen-bond acceptors (Lipinski definition) is 4. The first-order chi connectivity index (χ1) is 11.9. The lowest BCUT2D eigenvalue weighted by Crippen LogP contribution is -2.31. The molecule has 0 aromatic heterocycles. The first kappa shape index (κ1) is 18.8. The zero-order valence-corrected chi connectivity index (χ0v) is 15.1. The van der Waals surface area contributed by atoms with Crippen molar-refractivity contribution in [2.75, 3.05) is 11.9 Å². The van der Waals surface area contributed by atoms with Crippen LogP contribution in [0, 0.1) is 13.8 Å². The van der Waals surface area contributed by atoms with Gasteiger partial charge in [0.2, 0.25) is 0 Å². The molecule has 0 aliphatic heterocycles. The average molecular weight is 362 g/mol. The Morgan fingerprint density at radius 1 is 1.12 bits per heavy atom. The molecule has 0 spiro atoms. The summed E-state index contributed by atoms with van der Waals surface area (Å²) in [5, 5.41) is 3.28. The lowest BCUT2D eigenvalue weighted by molar-refractivity contribution is -0.155. The van der Waals surface area contributed by atoms with Crippen molar-refractivity contribution in [1.29, 1.82) is 0 Å². The number of para-hydroxylation sites is 1. The monoisotopic (exact) mass is 361 g/mol. The minimum absolute atomic E-state index is 0.285. The van der Waals surface area contributed by atoms with Crippen LogP contribution in [0.5, 0.6) is 5.75 Å². The molecule has 0 unspecified atom stereocenters. The molecule has 0 saturated carbocycles. The molecule has 0 heterocycles. The number of rotatable bonds is 6. The molecule has 5 nitrogen and oxygen atoms in total. The predicted octanol–water partition coefficient (Wildman–Crippen LogP) is 3.91. The number of anilines is 1. The van der Waals surface area contributed by atoms with Crippen molar-refractivity contribution in [2.45, 2.75) is 26.9 Å². The number of aryl methyl sites for hydroxylation is 2. The summed E-state index contributed by atoms with van der Waals surface area (Å²) in [6, 6.07) is 12.5. The number of esters is 1. The molecule has 2 aromatic rings. The van der Waals surface area contributed by atoms with Crippen LogP contribution >= 0.6 is 11.6 Å². The Labute approximate surface area is 151 Å². The van der Waals surface area contributed by atoms with E-state index in [1.54, 1.807) is 36.4 Å². The fourth-order valence-corrected chi connectivity index (χ4v) is 2.63. The molecule has 1 N–H and O–H groups in total. The highest BCUT2D eigenvalue weighted by Crippen LogP contribution is 2.27. The second kappa shape index (κ2) is 8.53. The number of ether oxygens (including phenoxy) is 2. The Hall–Kier alpha value is -2.53. The fourth-order valence-electron chi connectivity index (χ4n) is 2.31. The van der Waals surface area contributed by atoms with Crippen molar-refractivity contribution in [3.05, 3.63) is 58.6 Å². The van der Waals surface area contributed by atoms with Crippen LogP contribution in [0.3, 0.4) is 0 Å². The third-order valence-corrected chi connectivity index (χ3v) is 3.70. The van der Waals surface area contributed by atoms with Gasteiger partial charge in [0.1, 0.15) is 5.75 Å². The fraction of sp³-hybridized carbons (Fsp3) is 0.263. The molecule has 0 bridgehead atoms. The molecule has 1 amide bonds. The van der Waals surface area contributed by atoms with Crippen LogP contribution in [0.25, 0.3) is 0 Å². The minimum atomic E-state index is -0.927. The number of carbonyl (C=O) groups excluding carboxylic acids is 2. The number of hydrogen-bond donors (Lipinski definition) is 1. The molecular weight excluding hydrogens is 342 g/mol. The van der Waals surface area contributed by atoms with E-state index in [4.69, 9.17) is 21.1 Å². The summed E-state index contributed by atoms with van der Waals surface area (Å²) in [7, 11) is 0. The summed E-state index contributed by atoms with van der Waals surface area (Å²) in [5.41, 5.74) is 2.29. The van der Waals surface area contributed by atoms with Crippen LogP contribution in [0.1, 0.15) is 18.1 Å². The van der Waals surface area contributed by atoms with Crippen LogP contribution in [-0.4, -0.2) is 24.6 Å². The topological polar surface area (TPSA) is 64.6 Å². The number of carbonyl (C=O) groups is 2. The third-order valence-electron chi connectivity index (χ3n) is 3.48. The summed E-state index contributed by atoms with van der Waals surface area (Å²) < 4.78 is 10.6. The number of benzene rings is 2. The zero-order valence-electron chi connectivity index (χ0n) is 14.3. The lowest BCUT2D eigenvalue weighted by Gasteiger charge is -2.15. The van der Waals surface area contributed by atoms with Crippen LogP contribution in [0.15, 0.2) is 42.5 Å². The average Bonchev–Trinajstić information content (AvgIpc) is 2.54. The lowest BCUT2D eigenvalue weighted by atomic mass is 10.1. The molecule has 0 saturated heterocycles. The number of halogens is 1. The van der Waals surface area contributed by atoms with E-state index in [-0.39, 0.29) is 6.61 Å². The summed E-state index contributed by atoms with van der Waals surface area (Å²) in [4.78, 5) is 23.9. The van der Waals surface area contributed by atoms with Crippen molar-refractivity contribution < 1.29 is 19.1 Å². The van der Waals surface area contributed by atoms with Gasteiger partial charge in [0.25, 0.3) is 5.91 Å². The van der Waals surface area contributed by atoms with Crippen molar-refractivity contribution in [3.63, 3.8) is 0 Å². The normalized spacial score (nSPS) is 11.5. The quantitative estimate of drug-likeness (QED) is 0.792. The van der Waals surface area contributed by atoms with E-state index < -0.39 is 18.0 Å². The molecule has 1 atom stereocenters. The van der Waals surface area contributed by atoms with Crippen LogP contribution in [0.2, 0.25) is 5.02 Å². The SMILES string of the molecule is Cc1cc(Cl)cc(C)c1OCC(=O)O[C@@H](C)C(=O)Nc1ccccc1. The highest BCUT2D eigenvalue weighted by atomic mass is 35.5. The van der Waals surface area contributed by atoms with E-state index in [2.05, 4.69) is 5.32 Å². The maximum Gasteiger partial charge on any atom is 0.344 e. The van der Waals surface area contributed by atoms with E-state index >= 15 is 0 Å². The standard InChI is InChI=1S/C19H20ClNO4/c1-12-9-15(20)10-13(2)18(12)24-11-17(22)25-14(3)19(23)21-16-7-5-4-6-8-16/h4-10,14H,11H2,1-3H3,(H,21,23)/t14-/m0/s1. The van der Waals surface area contributed by atoms with Gasteiger partial charge in [0.05, 0.1) is 0 Å². The van der Waals surface area contributed by atoms with Crippen molar-refractivity contribution in [2.24, 2.45) is 0 Å². The molecule has 2 aromatic carbocycles. The first-order valence-corrected chi connectivity index (χ1v) is 8.19. The molecule has 2 rings (SSSR count). The maximum absolute atomic E-state index is 12.0. The Kier molecular flexibility index (Phi) is 6.42. The van der Waals surface area contributed by atoms with Crippen LogP contribution in [-0.2, 0) is 14.3 Å². The van der Waals surface area contributed by atoms with Gasteiger partial charge >= 0.3 is 5.97 Å². The molecule has 0 aliphatic rings. The minimum Gasteiger partial charge on any atom is -0.481 e. The molecule has 6 heteroatoms. The number of amides is 1. The predicted molar refractivity (Wildman–Crippen MR) is 97.0 cm³/mol. The van der Waals surface area contributed by atoms with E-state index in [0.717, 1.165) is 11.1 Å². The molecule has 25 heavy (non-hydrogen) atoms. The Bertz CT molecular complexity index is 738. The van der Waals surface area contributed by atoms with Gasteiger partial charge < -0.3 is 14.8 Å². The van der Waals surface area contributed by atoms with E-state index in [1.807, 2.05) is 19.9 Å². The van der Waals surface area contributed by atoms with Gasteiger partial charge in [0, 0.05) is 10.7 Å². The van der Waals surface area contributed by atoms with Gasteiger partial charge in [-0.3, -0.25) is 4.79 Å². The van der Waals surface area contributed by atoms with Crippen LogP contribution < -0.4 is 10.1 Å². The van der Waals surface area contributed by atoms with Crippen molar-refractivity contribution >= 4 is 29.2 Å². The summed E-state index contributed by atoms with van der Waals surface area (Å²) in [5.74, 6) is -0.439. The van der Waals surface area contributed by atoms with Gasteiger partial charge in [-0.1, -0.05) is 29.8 Å². The summed E-state index contributed by atoms with van der Waals surface area (Å²) >= 11 is 5.96. The second-order valence-electron chi connectivity index (χ2n) is 5.64. The Balaban J connectivity index is 1.86.